The molecule has 4 fully saturated rings. The summed E-state index contributed by atoms with van der Waals surface area (Å²) >= 11 is 6.52. The zero-order chi connectivity index (χ0) is 22.7. The van der Waals surface area contributed by atoms with Crippen LogP contribution < -0.4 is 20.3 Å². The molecule has 1 aromatic carbocycles. The van der Waals surface area contributed by atoms with Gasteiger partial charge < -0.3 is 19.9 Å². The van der Waals surface area contributed by atoms with E-state index in [1.807, 2.05) is 0 Å². The third kappa shape index (κ3) is 3.23. The predicted molar refractivity (Wildman–Crippen MR) is 119 cm³/mol. The van der Waals surface area contributed by atoms with E-state index >= 15 is 0 Å². The lowest BCUT2D eigenvalue weighted by molar-refractivity contribution is -0.173. The van der Waals surface area contributed by atoms with E-state index in [0.29, 0.717) is 54.0 Å². The van der Waals surface area contributed by atoms with Gasteiger partial charge in [-0.25, -0.2) is 4.68 Å². The van der Waals surface area contributed by atoms with E-state index in [4.69, 9.17) is 21.1 Å². The first kappa shape index (κ1) is 21.1. The number of halogens is 1. The summed E-state index contributed by atoms with van der Waals surface area (Å²) in [5.74, 6) is 1.05. The fraction of sp³-hybridized carbons (Fsp3) is 0.522. The summed E-state index contributed by atoms with van der Waals surface area (Å²) < 4.78 is 12.1. The lowest BCUT2D eigenvalue weighted by Gasteiger charge is -2.60. The average Bonchev–Trinajstić information content (AvgIpc) is 2.75. The van der Waals surface area contributed by atoms with Crippen molar-refractivity contribution in [1.29, 1.82) is 0 Å². The topological polar surface area (TPSA) is 103 Å². The number of aliphatic carboxylic acids is 1. The van der Waals surface area contributed by atoms with E-state index < -0.39 is 22.5 Å². The smallest absolute Gasteiger partial charge is 0.309 e. The van der Waals surface area contributed by atoms with E-state index in [-0.39, 0.29) is 5.02 Å². The summed E-state index contributed by atoms with van der Waals surface area (Å²) in [5, 5.41) is 17.7. The van der Waals surface area contributed by atoms with Crippen LogP contribution in [0.1, 0.15) is 38.5 Å². The van der Waals surface area contributed by atoms with Crippen molar-refractivity contribution in [3.05, 3.63) is 39.8 Å². The molecule has 2 unspecified atom stereocenters. The van der Waals surface area contributed by atoms with Crippen LogP contribution in [0, 0.1) is 17.3 Å². The van der Waals surface area contributed by atoms with Crippen molar-refractivity contribution in [2.75, 3.05) is 19.5 Å². The summed E-state index contributed by atoms with van der Waals surface area (Å²) in [5.41, 5.74) is -0.719. The van der Waals surface area contributed by atoms with Gasteiger partial charge in [0.25, 0.3) is 5.56 Å². The zero-order valence-corrected chi connectivity index (χ0v) is 18.8. The number of aromatic nitrogens is 2. The standard InChI is InChI=1S/C23H26ClN3O5/c1-31-16-4-15(5-17(6-16)32-2)26-18-11-25-27(20(28)19(18)24)23-9-13-3-14(10-23)8-22(7-13,12-23)21(29)30/h4-6,11,13-14,26H,3,7-10,12H2,1-2H3,(H,29,30)/t13-,14+,22?,23?. The van der Waals surface area contributed by atoms with Gasteiger partial charge in [0.1, 0.15) is 16.5 Å². The first-order valence-corrected chi connectivity index (χ1v) is 11.2. The number of carboxylic acids is 1. The van der Waals surface area contributed by atoms with Crippen LogP contribution in [0.2, 0.25) is 5.02 Å². The first-order valence-electron chi connectivity index (χ1n) is 10.8. The second-order valence-corrected chi connectivity index (χ2v) is 9.96. The van der Waals surface area contributed by atoms with Crippen LogP contribution in [0.3, 0.4) is 0 Å². The molecule has 4 bridgehead atoms. The van der Waals surface area contributed by atoms with Crippen LogP contribution in [0.25, 0.3) is 0 Å². The lowest BCUT2D eigenvalue weighted by atomic mass is 9.47. The molecule has 4 atom stereocenters. The molecule has 0 saturated heterocycles. The Hall–Kier alpha value is -2.74. The van der Waals surface area contributed by atoms with Crippen molar-refractivity contribution < 1.29 is 19.4 Å². The van der Waals surface area contributed by atoms with Crippen LogP contribution in [-0.2, 0) is 10.3 Å². The van der Waals surface area contributed by atoms with Crippen molar-refractivity contribution in [3.8, 4) is 11.5 Å². The molecular formula is C23H26ClN3O5. The van der Waals surface area contributed by atoms with Crippen LogP contribution in [0.15, 0.2) is 29.2 Å². The average molecular weight is 460 g/mol. The molecule has 170 valence electrons. The molecule has 8 nitrogen and oxygen atoms in total. The fourth-order valence-electron chi connectivity index (χ4n) is 6.61. The van der Waals surface area contributed by atoms with Crippen molar-refractivity contribution in [3.63, 3.8) is 0 Å². The number of methoxy groups -OCH3 is 2. The summed E-state index contributed by atoms with van der Waals surface area (Å²) in [7, 11) is 3.12. The molecule has 9 heteroatoms. The minimum atomic E-state index is -0.758. The Bertz CT molecular complexity index is 1110. The quantitative estimate of drug-likeness (QED) is 0.672. The van der Waals surface area contributed by atoms with Crippen LogP contribution in [-0.4, -0.2) is 35.1 Å². The highest BCUT2D eigenvalue weighted by Gasteiger charge is 2.62. The molecule has 1 aromatic heterocycles. The maximum absolute atomic E-state index is 13.3. The summed E-state index contributed by atoms with van der Waals surface area (Å²) in [6.45, 7) is 0. The van der Waals surface area contributed by atoms with Crippen LogP contribution in [0.4, 0.5) is 11.4 Å². The van der Waals surface area contributed by atoms with Gasteiger partial charge in [-0.3, -0.25) is 9.59 Å². The number of ether oxygens (including phenoxy) is 2. The molecule has 6 rings (SSSR count). The number of benzene rings is 1. The second kappa shape index (κ2) is 7.40. The minimum absolute atomic E-state index is 0.0295. The first-order chi connectivity index (χ1) is 15.3. The molecule has 32 heavy (non-hydrogen) atoms. The van der Waals surface area contributed by atoms with Gasteiger partial charge in [-0.05, 0) is 50.4 Å². The molecule has 4 saturated carbocycles. The van der Waals surface area contributed by atoms with Gasteiger partial charge in [0.15, 0.2) is 0 Å². The zero-order valence-electron chi connectivity index (χ0n) is 18.1. The number of hydrogen-bond donors (Lipinski definition) is 2. The Labute approximate surface area is 190 Å². The molecule has 0 amide bonds. The summed E-state index contributed by atoms with van der Waals surface area (Å²) in [6, 6.07) is 5.27. The number of carboxylic acid groups (broad SMARTS) is 1. The number of anilines is 2. The van der Waals surface area contributed by atoms with Crippen LogP contribution >= 0.6 is 11.6 Å². The van der Waals surface area contributed by atoms with E-state index in [9.17, 15) is 14.7 Å². The van der Waals surface area contributed by atoms with Crippen molar-refractivity contribution in [2.24, 2.45) is 17.3 Å². The minimum Gasteiger partial charge on any atom is -0.497 e. The summed E-state index contributed by atoms with van der Waals surface area (Å²) in [6.07, 6.45) is 5.97. The largest absolute Gasteiger partial charge is 0.497 e. The number of nitrogens with one attached hydrogen (secondary N) is 1. The van der Waals surface area contributed by atoms with Crippen LogP contribution in [0.5, 0.6) is 11.5 Å². The number of carbonyl (C=O) groups is 1. The van der Waals surface area contributed by atoms with E-state index in [1.54, 1.807) is 38.6 Å². The Morgan fingerprint density at radius 3 is 2.34 bits per heavy atom. The van der Waals surface area contributed by atoms with Gasteiger partial charge in [0, 0.05) is 23.9 Å². The van der Waals surface area contributed by atoms with Gasteiger partial charge >= 0.3 is 5.97 Å². The highest BCUT2D eigenvalue weighted by Crippen LogP contribution is 2.63. The monoisotopic (exact) mass is 459 g/mol. The Kier molecular flexibility index (Phi) is 4.89. The SMILES string of the molecule is COc1cc(Nc2cnn(C34C[C@@H]5C[C@@H](CC(C(=O)O)(C5)C3)C4)c(=O)c2Cl)cc(OC)c1. The van der Waals surface area contributed by atoms with Gasteiger partial charge in [0.05, 0.1) is 37.1 Å². The van der Waals surface area contributed by atoms with Crippen molar-refractivity contribution in [1.82, 2.24) is 9.78 Å². The highest BCUT2D eigenvalue weighted by molar-refractivity contribution is 6.33. The number of rotatable bonds is 6. The van der Waals surface area contributed by atoms with Gasteiger partial charge in [-0.1, -0.05) is 11.6 Å². The molecule has 0 radical (unpaired) electrons. The number of hydrogen-bond acceptors (Lipinski definition) is 6. The molecule has 2 aromatic rings. The molecule has 4 aliphatic rings. The maximum Gasteiger partial charge on any atom is 0.309 e. The summed E-state index contributed by atoms with van der Waals surface area (Å²) in [4.78, 5) is 25.5. The number of nitrogens with zero attached hydrogens (tertiary/aromatic N) is 2. The van der Waals surface area contributed by atoms with Gasteiger partial charge in [0.2, 0.25) is 0 Å². The third-order valence-electron chi connectivity index (χ3n) is 7.48. The van der Waals surface area contributed by atoms with Gasteiger partial charge in [-0.15, -0.1) is 0 Å². The second-order valence-electron chi connectivity index (χ2n) is 9.59. The Morgan fingerprint density at radius 2 is 1.78 bits per heavy atom. The Morgan fingerprint density at radius 1 is 1.16 bits per heavy atom. The lowest BCUT2D eigenvalue weighted by Crippen LogP contribution is -2.61. The van der Waals surface area contributed by atoms with Crippen molar-refractivity contribution in [2.45, 2.75) is 44.1 Å². The molecule has 4 aliphatic carbocycles. The van der Waals surface area contributed by atoms with Crippen molar-refractivity contribution >= 4 is 28.9 Å². The molecule has 0 spiro atoms. The van der Waals surface area contributed by atoms with E-state index in [0.717, 1.165) is 19.3 Å². The van der Waals surface area contributed by atoms with E-state index in [2.05, 4.69) is 10.4 Å². The highest BCUT2D eigenvalue weighted by atomic mass is 35.5. The molecule has 2 N–H and O–H groups in total. The third-order valence-corrected chi connectivity index (χ3v) is 7.85. The Balaban J connectivity index is 1.50. The fourth-order valence-corrected chi connectivity index (χ4v) is 6.78. The molecule has 1 heterocycles. The normalized spacial score (nSPS) is 30.2. The maximum atomic E-state index is 13.3. The predicted octanol–water partition coefficient (Wildman–Crippen LogP) is 4.04. The van der Waals surface area contributed by atoms with Gasteiger partial charge in [-0.2, -0.15) is 5.10 Å². The molecule has 0 aliphatic heterocycles. The molecular weight excluding hydrogens is 434 g/mol. The van der Waals surface area contributed by atoms with E-state index in [1.165, 1.54) is 4.68 Å².